The summed E-state index contributed by atoms with van der Waals surface area (Å²) in [5.41, 5.74) is 2.62. The van der Waals surface area contributed by atoms with Crippen LogP contribution < -0.4 is 5.32 Å². The van der Waals surface area contributed by atoms with Gasteiger partial charge in [-0.25, -0.2) is 8.78 Å². The molecule has 0 radical (unpaired) electrons. The Kier molecular flexibility index (Phi) is 12.4. The first kappa shape index (κ1) is 30.6. The molecule has 1 atom stereocenters. The van der Waals surface area contributed by atoms with Crippen molar-refractivity contribution < 1.29 is 23.2 Å². The topological polar surface area (TPSA) is 82.1 Å². The van der Waals surface area contributed by atoms with Crippen molar-refractivity contribution in [2.24, 2.45) is 4.99 Å². The van der Waals surface area contributed by atoms with Gasteiger partial charge >= 0.3 is 0 Å². The maximum atomic E-state index is 13.4. The van der Waals surface area contributed by atoms with Crippen molar-refractivity contribution in [3.05, 3.63) is 95.2 Å². The molecule has 1 unspecified atom stereocenters. The molecule has 0 aromatic heterocycles. The van der Waals surface area contributed by atoms with E-state index in [1.807, 2.05) is 23.1 Å². The summed E-state index contributed by atoms with van der Waals surface area (Å²) in [6.45, 7) is 1.14. The molecule has 1 N–H and O–H groups in total. The molecule has 2 amide bonds. The number of nitrogens with one attached hydrogen (secondary N) is 1. The molecule has 1 aliphatic heterocycles. The monoisotopic (exact) mass is 550 g/mol. The minimum Gasteiger partial charge on any atom is -0.356 e. The molecule has 0 bridgehead atoms. The first-order chi connectivity index (χ1) is 19.3. The molecule has 3 rings (SSSR count). The number of aliphatic imine (C=N–C) groups is 1. The van der Waals surface area contributed by atoms with Gasteiger partial charge in [-0.05, 0) is 67.8 Å². The molecular formula is C31H36F2N4O3. The molecule has 9 heteroatoms. The van der Waals surface area contributed by atoms with Crippen LogP contribution in [0.15, 0.2) is 77.4 Å². The van der Waals surface area contributed by atoms with Gasteiger partial charge in [-0.15, -0.1) is 0 Å². The van der Waals surface area contributed by atoms with E-state index in [-0.39, 0.29) is 43.0 Å². The fourth-order valence-corrected chi connectivity index (χ4v) is 4.27. The molecule has 0 fully saturated rings. The normalized spacial score (nSPS) is 13.4. The van der Waals surface area contributed by atoms with Crippen molar-refractivity contribution in [3.8, 4) is 0 Å². The van der Waals surface area contributed by atoms with Crippen molar-refractivity contribution in [3.63, 3.8) is 0 Å². The van der Waals surface area contributed by atoms with Gasteiger partial charge in [0.1, 0.15) is 17.9 Å². The molecule has 2 aromatic carbocycles. The Bertz CT molecular complexity index is 1210. The van der Waals surface area contributed by atoms with Crippen LogP contribution in [0.4, 0.5) is 8.78 Å². The standard InChI is InChI=1S/C31H36F2N4O3/c1-36(19-15-24-6-10-26(32)11-7-24)22-31(40)37(20-16-25-8-12-27(33)13-9-25)29(23-38)21-30(39)35-18-14-28-5-3-2-4-17-34-28/h2,4-13,17,23,29H,3,14-16,18-22H2,1H3,(H,35,39). The summed E-state index contributed by atoms with van der Waals surface area (Å²) in [6, 6.07) is 11.2. The summed E-state index contributed by atoms with van der Waals surface area (Å²) in [4.78, 5) is 45.8. The van der Waals surface area contributed by atoms with E-state index in [9.17, 15) is 23.2 Å². The summed E-state index contributed by atoms with van der Waals surface area (Å²) in [5.74, 6) is -1.29. The number of carbonyl (C=O) groups excluding carboxylic acids is 3. The van der Waals surface area contributed by atoms with Crippen LogP contribution in [-0.4, -0.2) is 73.4 Å². The van der Waals surface area contributed by atoms with E-state index in [0.717, 1.165) is 23.2 Å². The quantitative estimate of drug-likeness (QED) is 0.341. The Morgan fingerprint density at radius 3 is 2.23 bits per heavy atom. The second-order valence-corrected chi connectivity index (χ2v) is 9.72. The fourth-order valence-electron chi connectivity index (χ4n) is 4.27. The molecule has 0 spiro atoms. The van der Waals surface area contributed by atoms with Gasteiger partial charge < -0.3 is 15.0 Å². The lowest BCUT2D eigenvalue weighted by atomic mass is 10.1. The maximum absolute atomic E-state index is 13.4. The Hall–Kier alpha value is -3.98. The highest BCUT2D eigenvalue weighted by Gasteiger charge is 2.26. The van der Waals surface area contributed by atoms with Crippen LogP contribution in [0.25, 0.3) is 0 Å². The third kappa shape index (κ3) is 10.6. The van der Waals surface area contributed by atoms with Gasteiger partial charge in [0.2, 0.25) is 11.8 Å². The lowest BCUT2D eigenvalue weighted by Gasteiger charge is -2.30. The largest absolute Gasteiger partial charge is 0.356 e. The molecule has 0 aliphatic carbocycles. The van der Waals surface area contributed by atoms with Crippen molar-refractivity contribution in [1.29, 1.82) is 0 Å². The lowest BCUT2D eigenvalue weighted by Crippen LogP contribution is -2.48. The number of amides is 2. The number of halogens is 2. The highest BCUT2D eigenvalue weighted by atomic mass is 19.1. The molecule has 212 valence electrons. The zero-order valence-electron chi connectivity index (χ0n) is 22.8. The van der Waals surface area contributed by atoms with Crippen molar-refractivity contribution in [1.82, 2.24) is 15.1 Å². The maximum Gasteiger partial charge on any atom is 0.237 e. The molecule has 7 nitrogen and oxygen atoms in total. The second-order valence-electron chi connectivity index (χ2n) is 9.72. The summed E-state index contributed by atoms with van der Waals surface area (Å²) in [6.07, 6.45) is 10.4. The summed E-state index contributed by atoms with van der Waals surface area (Å²) in [5, 5.41) is 2.82. The minimum atomic E-state index is -0.947. The van der Waals surface area contributed by atoms with Crippen LogP contribution in [0.3, 0.4) is 0 Å². The van der Waals surface area contributed by atoms with Gasteiger partial charge in [-0.2, -0.15) is 0 Å². The van der Waals surface area contributed by atoms with E-state index >= 15 is 0 Å². The van der Waals surface area contributed by atoms with Gasteiger partial charge in [0.25, 0.3) is 0 Å². The number of likely N-dealkylation sites (N-methyl/N-ethyl adjacent to an activating group) is 1. The minimum absolute atomic E-state index is 0.0385. The van der Waals surface area contributed by atoms with Gasteiger partial charge in [-0.3, -0.25) is 19.5 Å². The Morgan fingerprint density at radius 1 is 0.975 bits per heavy atom. The van der Waals surface area contributed by atoms with Crippen molar-refractivity contribution in [2.75, 3.05) is 33.2 Å². The number of allylic oxidation sites excluding steroid dienone is 3. The fraction of sp³-hybridized carbons (Fsp3) is 0.355. The van der Waals surface area contributed by atoms with Crippen LogP contribution >= 0.6 is 0 Å². The zero-order valence-corrected chi connectivity index (χ0v) is 22.8. The number of hydrogen-bond donors (Lipinski definition) is 1. The molecule has 1 aliphatic rings. The second kappa shape index (κ2) is 16.2. The third-order valence-electron chi connectivity index (χ3n) is 6.58. The molecule has 2 aromatic rings. The van der Waals surface area contributed by atoms with E-state index < -0.39 is 6.04 Å². The Labute approximate surface area is 234 Å². The Balaban J connectivity index is 1.59. The van der Waals surface area contributed by atoms with Crippen LogP contribution in [0.2, 0.25) is 0 Å². The first-order valence-electron chi connectivity index (χ1n) is 13.4. The number of carbonyl (C=O) groups is 3. The van der Waals surface area contributed by atoms with Crippen LogP contribution in [-0.2, 0) is 27.2 Å². The van der Waals surface area contributed by atoms with Gasteiger partial charge in [0, 0.05) is 38.0 Å². The Morgan fingerprint density at radius 2 is 1.60 bits per heavy atom. The van der Waals surface area contributed by atoms with Crippen LogP contribution in [0, 0.1) is 11.6 Å². The molecule has 0 saturated heterocycles. The van der Waals surface area contributed by atoms with Crippen LogP contribution in [0.1, 0.15) is 30.4 Å². The molecule has 0 saturated carbocycles. The molecule has 1 heterocycles. The summed E-state index contributed by atoms with van der Waals surface area (Å²) in [7, 11) is 1.79. The highest BCUT2D eigenvalue weighted by Crippen LogP contribution is 2.11. The number of nitrogens with zero attached hydrogens (tertiary/aromatic N) is 3. The highest BCUT2D eigenvalue weighted by molar-refractivity contribution is 5.85. The zero-order chi connectivity index (χ0) is 28.7. The van der Waals surface area contributed by atoms with E-state index in [2.05, 4.69) is 10.3 Å². The van der Waals surface area contributed by atoms with Gasteiger partial charge in [-0.1, -0.05) is 36.4 Å². The van der Waals surface area contributed by atoms with E-state index in [0.29, 0.717) is 38.6 Å². The predicted octanol–water partition coefficient (Wildman–Crippen LogP) is 3.89. The average Bonchev–Trinajstić information content (AvgIpc) is 3.22. The smallest absolute Gasteiger partial charge is 0.237 e. The van der Waals surface area contributed by atoms with Crippen LogP contribution in [0.5, 0.6) is 0 Å². The summed E-state index contributed by atoms with van der Waals surface area (Å²) >= 11 is 0. The third-order valence-corrected chi connectivity index (χ3v) is 6.58. The predicted molar refractivity (Wildman–Crippen MR) is 152 cm³/mol. The summed E-state index contributed by atoms with van der Waals surface area (Å²) < 4.78 is 26.5. The average molecular weight is 551 g/mol. The number of benzene rings is 2. The van der Waals surface area contributed by atoms with Crippen molar-refractivity contribution in [2.45, 2.75) is 38.1 Å². The van der Waals surface area contributed by atoms with E-state index in [1.165, 1.54) is 29.2 Å². The van der Waals surface area contributed by atoms with E-state index in [4.69, 9.17) is 0 Å². The van der Waals surface area contributed by atoms with Crippen molar-refractivity contribution >= 4 is 24.3 Å². The first-order valence-corrected chi connectivity index (χ1v) is 13.4. The molecular weight excluding hydrogens is 514 g/mol. The van der Waals surface area contributed by atoms with Gasteiger partial charge in [0.15, 0.2) is 0 Å². The SMILES string of the molecule is CN(CCc1ccc(F)cc1)CC(=O)N(CCc1ccc(F)cc1)C(C=O)CC(=O)NCCC1=CCC=CC=N1. The lowest BCUT2D eigenvalue weighted by molar-refractivity contribution is -0.138. The molecule has 40 heavy (non-hydrogen) atoms. The number of rotatable bonds is 15. The number of aldehydes is 1. The van der Waals surface area contributed by atoms with Gasteiger partial charge in [0.05, 0.1) is 19.0 Å². The van der Waals surface area contributed by atoms with E-state index in [1.54, 1.807) is 37.5 Å². The number of hydrogen-bond acceptors (Lipinski definition) is 5.